The zero-order chi connectivity index (χ0) is 31.4. The van der Waals surface area contributed by atoms with E-state index in [9.17, 15) is 0 Å². The van der Waals surface area contributed by atoms with Crippen LogP contribution in [0.2, 0.25) is 0 Å². The van der Waals surface area contributed by atoms with Crippen LogP contribution < -0.4 is 15.7 Å². The van der Waals surface area contributed by atoms with Gasteiger partial charge in [0.15, 0.2) is 0 Å². The van der Waals surface area contributed by atoms with Crippen molar-refractivity contribution < 1.29 is 0 Å². The van der Waals surface area contributed by atoms with Gasteiger partial charge in [0.25, 0.3) is 0 Å². The molecule has 2 aliphatic rings. The van der Waals surface area contributed by atoms with Crippen molar-refractivity contribution in [1.82, 2.24) is 8.97 Å². The molecule has 12 rings (SSSR count). The molecule has 0 saturated heterocycles. The molecule has 0 saturated carbocycles. The number of rotatable bonds is 1. The van der Waals surface area contributed by atoms with Gasteiger partial charge in [-0.25, -0.2) is 0 Å². The molecule has 7 aromatic carbocycles. The number of hydrogen-bond donors (Lipinski definition) is 0. The van der Waals surface area contributed by atoms with Crippen LogP contribution in [-0.4, -0.2) is 15.8 Å². The predicted octanol–water partition coefficient (Wildman–Crippen LogP) is 9.79. The van der Waals surface area contributed by atoms with Crippen LogP contribution in [0.5, 0.6) is 0 Å². The molecule has 0 aliphatic carbocycles. The number of hydrogen-bond acceptors (Lipinski definition) is 1. The van der Waals surface area contributed by atoms with Crippen molar-refractivity contribution in [1.29, 1.82) is 0 Å². The van der Waals surface area contributed by atoms with Crippen LogP contribution in [0.3, 0.4) is 0 Å². The first kappa shape index (κ1) is 25.1. The first-order valence-electron chi connectivity index (χ1n) is 16.9. The minimum absolute atomic E-state index is 0.0133. The van der Waals surface area contributed by atoms with Crippen LogP contribution in [0.15, 0.2) is 133 Å². The Labute approximate surface area is 277 Å². The van der Waals surface area contributed by atoms with Gasteiger partial charge in [-0.05, 0) is 77.9 Å². The summed E-state index contributed by atoms with van der Waals surface area (Å²) in [7, 11) is 0. The maximum atomic E-state index is 2.69. The fraction of sp³-hybridized carbons (Fsp3) is 0.0455. The molecule has 4 heteroatoms. The first-order valence-corrected chi connectivity index (χ1v) is 16.9. The minimum Gasteiger partial charge on any atom is -0.376 e. The predicted molar refractivity (Wildman–Crippen MR) is 204 cm³/mol. The average Bonchev–Trinajstić information content (AvgIpc) is 3.76. The number of benzene rings is 7. The molecule has 0 radical (unpaired) electrons. The Balaban J connectivity index is 1.37. The van der Waals surface area contributed by atoms with Crippen LogP contribution in [0.4, 0.5) is 11.4 Å². The highest BCUT2D eigenvalue weighted by Gasteiger charge is 2.45. The van der Waals surface area contributed by atoms with Gasteiger partial charge in [0.2, 0.25) is 0 Å². The molecule has 48 heavy (non-hydrogen) atoms. The van der Waals surface area contributed by atoms with Gasteiger partial charge in [0.05, 0.1) is 27.6 Å². The lowest BCUT2D eigenvalue weighted by Gasteiger charge is -2.43. The maximum absolute atomic E-state index is 2.69. The highest BCUT2D eigenvalue weighted by molar-refractivity contribution is 6.93. The van der Waals surface area contributed by atoms with Crippen molar-refractivity contribution in [3.05, 3.63) is 145 Å². The second kappa shape index (κ2) is 8.47. The van der Waals surface area contributed by atoms with Gasteiger partial charge >= 0.3 is 6.85 Å². The first-order chi connectivity index (χ1) is 23.7. The molecular formula is C44H28BN3. The van der Waals surface area contributed by atoms with Crippen LogP contribution in [-0.2, 0) is 0 Å². The molecule has 3 nitrogen and oxygen atoms in total. The van der Waals surface area contributed by atoms with Gasteiger partial charge in [-0.2, -0.15) is 0 Å². The number of aryl methyl sites for hydroxylation is 2. The molecule has 0 bridgehead atoms. The number of nitrogens with zero attached hydrogens (tertiary/aromatic N) is 3. The molecule has 2 aliphatic heterocycles. The minimum atomic E-state index is 0.0133. The summed E-state index contributed by atoms with van der Waals surface area (Å²) in [5, 5.41) is 7.90. The summed E-state index contributed by atoms with van der Waals surface area (Å²) in [6.45, 7) is 4.55. The monoisotopic (exact) mass is 609 g/mol. The third kappa shape index (κ3) is 2.78. The van der Waals surface area contributed by atoms with E-state index in [2.05, 4.69) is 161 Å². The molecule has 0 fully saturated rings. The topological polar surface area (TPSA) is 12.6 Å². The van der Waals surface area contributed by atoms with Crippen molar-refractivity contribution in [2.75, 3.05) is 4.81 Å². The Morgan fingerprint density at radius 2 is 1.17 bits per heavy atom. The van der Waals surface area contributed by atoms with Gasteiger partial charge in [0.1, 0.15) is 0 Å². The Kier molecular flexibility index (Phi) is 4.44. The summed E-state index contributed by atoms with van der Waals surface area (Å²) in [5.74, 6) is 0. The Bertz CT molecular complexity index is 3050. The smallest absolute Gasteiger partial charge is 0.333 e. The van der Waals surface area contributed by atoms with E-state index in [1.807, 2.05) is 0 Å². The Morgan fingerprint density at radius 3 is 1.98 bits per heavy atom. The highest BCUT2D eigenvalue weighted by atomic mass is 15.1. The lowest BCUT2D eigenvalue weighted by atomic mass is 9.43. The average molecular weight is 610 g/mol. The molecule has 5 heterocycles. The van der Waals surface area contributed by atoms with E-state index < -0.39 is 0 Å². The van der Waals surface area contributed by atoms with E-state index in [0.29, 0.717) is 0 Å². The van der Waals surface area contributed by atoms with E-state index in [1.54, 1.807) is 0 Å². The molecule has 0 N–H and O–H groups in total. The zero-order valence-electron chi connectivity index (χ0n) is 26.6. The van der Waals surface area contributed by atoms with E-state index in [-0.39, 0.29) is 6.85 Å². The van der Waals surface area contributed by atoms with Crippen molar-refractivity contribution in [3.63, 3.8) is 0 Å². The van der Waals surface area contributed by atoms with Crippen molar-refractivity contribution in [3.8, 4) is 16.8 Å². The summed E-state index contributed by atoms with van der Waals surface area (Å²) in [4.78, 5) is 2.69. The van der Waals surface area contributed by atoms with Gasteiger partial charge in [-0.1, -0.05) is 97.1 Å². The van der Waals surface area contributed by atoms with Gasteiger partial charge in [0, 0.05) is 54.9 Å². The number of aromatic nitrogens is 2. The van der Waals surface area contributed by atoms with E-state index >= 15 is 0 Å². The lowest BCUT2D eigenvalue weighted by molar-refractivity contribution is 1.17. The number of anilines is 2. The molecule has 222 valence electrons. The van der Waals surface area contributed by atoms with Crippen molar-refractivity contribution in [2.24, 2.45) is 0 Å². The Morgan fingerprint density at radius 1 is 0.500 bits per heavy atom. The molecule has 0 atom stereocenters. The second-order valence-electron chi connectivity index (χ2n) is 13.8. The largest absolute Gasteiger partial charge is 0.376 e. The van der Waals surface area contributed by atoms with E-state index in [1.165, 1.54) is 110 Å². The second-order valence-corrected chi connectivity index (χ2v) is 13.8. The molecular weight excluding hydrogens is 581 g/mol. The SMILES string of the molecule is Cc1cc2c3c(c1)-n1c4ccccc4c4cccc(c41)B3N(c1ccccc1C)c1cc3c4ccccc4n4c5ccccc5c(c1-2)c34. The molecule has 3 aromatic heterocycles. The fourth-order valence-corrected chi connectivity index (χ4v) is 9.61. The van der Waals surface area contributed by atoms with Crippen molar-refractivity contribution in [2.45, 2.75) is 13.8 Å². The summed E-state index contributed by atoms with van der Waals surface area (Å²) >= 11 is 0. The lowest BCUT2D eigenvalue weighted by Crippen LogP contribution is -2.60. The Hall–Kier alpha value is -6.00. The summed E-state index contributed by atoms with van der Waals surface area (Å²) < 4.78 is 5.08. The standard InChI is InChI=1S/C44H28BN3/c1-25-22-32-40-38(24-31-28-14-5-9-20-36(28)46-37-21-10-6-15-30(37)41(40)44(31)46)48(34-18-7-3-12-26(34)2)45-33-17-11-16-29-27-13-4-8-19-35(27)47(43(29)33)39(23-25)42(32)45/h3-24H,1-2H3. The summed E-state index contributed by atoms with van der Waals surface area (Å²) in [6.07, 6.45) is 0. The quantitative estimate of drug-likeness (QED) is 0.169. The third-order valence-electron chi connectivity index (χ3n) is 11.4. The number of fused-ring (bicyclic) bond motifs is 14. The fourth-order valence-electron chi connectivity index (χ4n) is 9.61. The van der Waals surface area contributed by atoms with Crippen LogP contribution in [0, 0.1) is 13.8 Å². The van der Waals surface area contributed by atoms with Gasteiger partial charge in [-0.15, -0.1) is 0 Å². The van der Waals surface area contributed by atoms with Crippen molar-refractivity contribution >= 4 is 89.0 Å². The molecule has 0 amide bonds. The normalized spacial score (nSPS) is 13.5. The van der Waals surface area contributed by atoms with Crippen LogP contribution in [0.25, 0.3) is 76.7 Å². The van der Waals surface area contributed by atoms with E-state index in [0.717, 1.165) is 0 Å². The van der Waals surface area contributed by atoms with Crippen LogP contribution in [0.1, 0.15) is 11.1 Å². The van der Waals surface area contributed by atoms with Gasteiger partial charge in [-0.3, -0.25) is 0 Å². The van der Waals surface area contributed by atoms with E-state index in [4.69, 9.17) is 0 Å². The maximum Gasteiger partial charge on any atom is 0.333 e. The molecule has 10 aromatic rings. The third-order valence-corrected chi connectivity index (χ3v) is 11.4. The zero-order valence-corrected chi connectivity index (χ0v) is 26.6. The summed E-state index contributed by atoms with van der Waals surface area (Å²) in [6, 6.07) is 50.2. The summed E-state index contributed by atoms with van der Waals surface area (Å²) in [5.41, 5.74) is 18.3. The molecule has 0 unspecified atom stereocenters. The number of para-hydroxylation sites is 5. The highest BCUT2D eigenvalue weighted by Crippen LogP contribution is 2.52. The molecule has 0 spiro atoms. The van der Waals surface area contributed by atoms with Gasteiger partial charge < -0.3 is 13.8 Å². The van der Waals surface area contributed by atoms with Crippen LogP contribution >= 0.6 is 0 Å².